The van der Waals surface area contributed by atoms with Crippen LogP contribution in [0.5, 0.6) is 5.75 Å². The second-order valence-corrected chi connectivity index (χ2v) is 4.53. The van der Waals surface area contributed by atoms with Crippen molar-refractivity contribution in [2.24, 2.45) is 0 Å². The Balaban J connectivity index is 2.16. The van der Waals surface area contributed by atoms with Crippen LogP contribution < -0.4 is 10.1 Å². The van der Waals surface area contributed by atoms with E-state index < -0.39 is 18.7 Å². The average Bonchev–Trinajstić information content (AvgIpc) is 2.44. The summed E-state index contributed by atoms with van der Waals surface area (Å²) in [6.07, 6.45) is -5.84. The topological polar surface area (TPSA) is 65.3 Å². The first-order chi connectivity index (χ1) is 9.90. The molecule has 0 amide bonds. The van der Waals surface area contributed by atoms with Crippen molar-refractivity contribution in [3.63, 3.8) is 0 Å². The van der Waals surface area contributed by atoms with Crippen molar-refractivity contribution in [1.82, 2.24) is 5.32 Å². The van der Waals surface area contributed by atoms with Crippen LogP contribution in [0.25, 0.3) is 0 Å². The molecule has 0 radical (unpaired) electrons. The largest absolute Gasteiger partial charge is 0.491 e. The molecule has 0 saturated carbocycles. The van der Waals surface area contributed by atoms with Crippen molar-refractivity contribution in [3.05, 3.63) is 29.8 Å². The molecule has 1 aromatic rings. The molecule has 0 aliphatic rings. The number of nitriles is 1. The van der Waals surface area contributed by atoms with Crippen molar-refractivity contribution in [1.29, 1.82) is 5.26 Å². The Bertz CT molecular complexity index is 472. The molecule has 116 valence electrons. The highest BCUT2D eigenvalue weighted by Gasteiger charge is 2.25. The van der Waals surface area contributed by atoms with Crippen molar-refractivity contribution >= 4 is 0 Å². The molecule has 0 fully saturated rings. The zero-order chi connectivity index (χ0) is 15.7. The monoisotopic (exact) mass is 302 g/mol. The lowest BCUT2D eigenvalue weighted by molar-refractivity contribution is -0.135. The minimum atomic E-state index is -4.14. The lowest BCUT2D eigenvalue weighted by Gasteiger charge is -2.13. The molecule has 1 aromatic carbocycles. The maximum atomic E-state index is 11.9. The summed E-state index contributed by atoms with van der Waals surface area (Å²) in [5.41, 5.74) is 0.451. The molecule has 0 aliphatic carbocycles. The lowest BCUT2D eigenvalue weighted by atomic mass is 10.2. The Labute approximate surface area is 121 Å². The summed E-state index contributed by atoms with van der Waals surface area (Å²) >= 11 is 0. The third-order valence-electron chi connectivity index (χ3n) is 2.60. The summed E-state index contributed by atoms with van der Waals surface area (Å²) in [5.74, 6) is 0.463. The predicted molar refractivity (Wildman–Crippen MR) is 70.8 cm³/mol. The molecule has 0 heterocycles. The summed E-state index contributed by atoms with van der Waals surface area (Å²) in [6, 6.07) is 8.46. The van der Waals surface area contributed by atoms with Crippen molar-refractivity contribution in [2.75, 3.05) is 19.7 Å². The van der Waals surface area contributed by atoms with Crippen molar-refractivity contribution in [2.45, 2.75) is 25.1 Å². The van der Waals surface area contributed by atoms with Gasteiger partial charge in [0, 0.05) is 13.0 Å². The van der Waals surface area contributed by atoms with E-state index in [-0.39, 0.29) is 26.1 Å². The van der Waals surface area contributed by atoms with Gasteiger partial charge >= 0.3 is 6.18 Å². The molecular formula is C14H17F3N2O2. The quantitative estimate of drug-likeness (QED) is 0.723. The second kappa shape index (κ2) is 8.49. The van der Waals surface area contributed by atoms with Crippen LogP contribution >= 0.6 is 0 Å². The number of ether oxygens (including phenoxy) is 1. The van der Waals surface area contributed by atoms with Gasteiger partial charge < -0.3 is 15.2 Å². The van der Waals surface area contributed by atoms with E-state index in [0.29, 0.717) is 11.3 Å². The normalized spacial score (nSPS) is 12.7. The highest BCUT2D eigenvalue weighted by Crippen LogP contribution is 2.20. The van der Waals surface area contributed by atoms with E-state index in [1.165, 1.54) is 0 Å². The Kier molecular flexibility index (Phi) is 6.99. The molecule has 1 rings (SSSR count). The van der Waals surface area contributed by atoms with Gasteiger partial charge in [0.2, 0.25) is 0 Å². The van der Waals surface area contributed by atoms with E-state index in [0.717, 1.165) is 0 Å². The number of rotatable bonds is 8. The van der Waals surface area contributed by atoms with Crippen LogP contribution in [0.2, 0.25) is 0 Å². The van der Waals surface area contributed by atoms with Gasteiger partial charge in [-0.1, -0.05) is 6.07 Å². The van der Waals surface area contributed by atoms with Gasteiger partial charge in [-0.25, -0.2) is 0 Å². The van der Waals surface area contributed by atoms with Crippen molar-refractivity contribution in [3.8, 4) is 11.8 Å². The molecule has 1 unspecified atom stereocenters. The molecule has 0 aliphatic heterocycles. The fraction of sp³-hybridized carbons (Fsp3) is 0.500. The first-order valence-electron chi connectivity index (χ1n) is 6.49. The zero-order valence-corrected chi connectivity index (χ0v) is 11.4. The van der Waals surface area contributed by atoms with E-state index >= 15 is 0 Å². The number of aliphatic hydroxyl groups is 1. The summed E-state index contributed by atoms with van der Waals surface area (Å²) in [6.45, 7) is 0.331. The molecule has 0 saturated heterocycles. The van der Waals surface area contributed by atoms with Gasteiger partial charge in [-0.15, -0.1) is 0 Å². The number of nitrogens with zero attached hydrogens (tertiary/aromatic N) is 1. The van der Waals surface area contributed by atoms with E-state index in [9.17, 15) is 18.3 Å². The standard InChI is InChI=1S/C14H17F3N2O2/c15-14(16,17)5-2-6-19-9-12(20)10-21-13-4-1-3-11(7-13)8-18/h1,3-4,7,12,19-20H,2,5-6,9-10H2. The minimum absolute atomic E-state index is 0.00114. The van der Waals surface area contributed by atoms with E-state index in [1.807, 2.05) is 6.07 Å². The molecule has 0 spiro atoms. The zero-order valence-electron chi connectivity index (χ0n) is 11.4. The smallest absolute Gasteiger partial charge is 0.389 e. The van der Waals surface area contributed by atoms with Gasteiger partial charge in [-0.05, 0) is 31.2 Å². The van der Waals surface area contributed by atoms with Crippen LogP contribution in [0.3, 0.4) is 0 Å². The molecule has 21 heavy (non-hydrogen) atoms. The number of aliphatic hydroxyl groups excluding tert-OH is 1. The number of hydrogen-bond donors (Lipinski definition) is 2. The SMILES string of the molecule is N#Cc1cccc(OCC(O)CNCCCC(F)(F)F)c1. The highest BCUT2D eigenvalue weighted by atomic mass is 19.4. The van der Waals surface area contributed by atoms with Gasteiger partial charge in [0.1, 0.15) is 18.5 Å². The molecule has 0 bridgehead atoms. The summed E-state index contributed by atoms with van der Waals surface area (Å²) in [4.78, 5) is 0. The van der Waals surface area contributed by atoms with E-state index in [1.54, 1.807) is 24.3 Å². The Hall–Kier alpha value is -1.78. The number of hydrogen-bond acceptors (Lipinski definition) is 4. The van der Waals surface area contributed by atoms with Crippen LogP contribution in [0, 0.1) is 11.3 Å². The number of halogens is 3. The van der Waals surface area contributed by atoms with E-state index in [2.05, 4.69) is 5.32 Å². The first kappa shape index (κ1) is 17.3. The molecule has 1 atom stereocenters. The Morgan fingerprint density at radius 2 is 2.14 bits per heavy atom. The Morgan fingerprint density at radius 3 is 2.81 bits per heavy atom. The Morgan fingerprint density at radius 1 is 1.38 bits per heavy atom. The van der Waals surface area contributed by atoms with Gasteiger partial charge in [-0.2, -0.15) is 18.4 Å². The van der Waals surface area contributed by atoms with Crippen LogP contribution in [0.15, 0.2) is 24.3 Å². The van der Waals surface area contributed by atoms with Crippen molar-refractivity contribution < 1.29 is 23.0 Å². The van der Waals surface area contributed by atoms with Gasteiger partial charge in [0.25, 0.3) is 0 Å². The molecule has 7 heteroatoms. The van der Waals surface area contributed by atoms with Crippen LogP contribution in [-0.4, -0.2) is 37.1 Å². The number of nitrogens with one attached hydrogen (secondary N) is 1. The summed E-state index contributed by atoms with van der Waals surface area (Å²) in [5, 5.41) is 21.1. The van der Waals surface area contributed by atoms with Crippen LogP contribution in [-0.2, 0) is 0 Å². The summed E-state index contributed by atoms with van der Waals surface area (Å²) in [7, 11) is 0. The maximum absolute atomic E-state index is 11.9. The fourth-order valence-electron chi connectivity index (χ4n) is 1.59. The summed E-state index contributed by atoms with van der Waals surface area (Å²) < 4.78 is 41.0. The van der Waals surface area contributed by atoms with Crippen LogP contribution in [0.4, 0.5) is 13.2 Å². The third kappa shape index (κ3) is 8.17. The molecule has 0 aromatic heterocycles. The van der Waals surface area contributed by atoms with Gasteiger partial charge in [-0.3, -0.25) is 0 Å². The maximum Gasteiger partial charge on any atom is 0.389 e. The predicted octanol–water partition coefficient (Wildman–Crippen LogP) is 2.23. The first-order valence-corrected chi connectivity index (χ1v) is 6.49. The minimum Gasteiger partial charge on any atom is -0.491 e. The molecular weight excluding hydrogens is 285 g/mol. The second-order valence-electron chi connectivity index (χ2n) is 4.53. The van der Waals surface area contributed by atoms with Gasteiger partial charge in [0.15, 0.2) is 0 Å². The third-order valence-corrected chi connectivity index (χ3v) is 2.60. The average molecular weight is 302 g/mol. The molecule has 2 N–H and O–H groups in total. The number of alkyl halides is 3. The fourth-order valence-corrected chi connectivity index (χ4v) is 1.59. The van der Waals surface area contributed by atoms with Gasteiger partial charge in [0.05, 0.1) is 11.6 Å². The molecule has 4 nitrogen and oxygen atoms in total. The van der Waals surface area contributed by atoms with E-state index in [4.69, 9.17) is 10.00 Å². The highest BCUT2D eigenvalue weighted by molar-refractivity contribution is 5.36. The number of benzene rings is 1. The lowest BCUT2D eigenvalue weighted by Crippen LogP contribution is -2.32. The van der Waals surface area contributed by atoms with Crippen LogP contribution in [0.1, 0.15) is 18.4 Å².